The van der Waals surface area contributed by atoms with Crippen LogP contribution < -0.4 is 19.5 Å². The van der Waals surface area contributed by atoms with Crippen LogP contribution in [0.2, 0.25) is 0 Å². The van der Waals surface area contributed by atoms with Crippen LogP contribution in [0.25, 0.3) is 0 Å². The van der Waals surface area contributed by atoms with Gasteiger partial charge in [-0.15, -0.1) is 0 Å². The average molecular weight is 387 g/mol. The summed E-state index contributed by atoms with van der Waals surface area (Å²) in [6.07, 6.45) is -1.01. The molecule has 1 amide bonds. The van der Waals surface area contributed by atoms with Gasteiger partial charge in [0.1, 0.15) is 17.2 Å². The van der Waals surface area contributed by atoms with Crippen LogP contribution in [-0.2, 0) is 14.3 Å². The molecule has 0 aromatic heterocycles. The van der Waals surface area contributed by atoms with Gasteiger partial charge in [0.25, 0.3) is 5.91 Å². The van der Waals surface area contributed by atoms with Crippen LogP contribution in [0.4, 0.5) is 5.69 Å². The molecule has 0 spiro atoms. The van der Waals surface area contributed by atoms with Gasteiger partial charge in [0.15, 0.2) is 12.7 Å². The van der Waals surface area contributed by atoms with E-state index in [1.165, 1.54) is 21.1 Å². The topological polar surface area (TPSA) is 83.1 Å². The van der Waals surface area contributed by atoms with Crippen LogP contribution in [0.1, 0.15) is 18.1 Å². The molecule has 28 heavy (non-hydrogen) atoms. The number of benzene rings is 2. The van der Waals surface area contributed by atoms with E-state index in [-0.39, 0.29) is 6.61 Å². The molecule has 0 saturated carbocycles. The number of esters is 1. The summed E-state index contributed by atoms with van der Waals surface area (Å²) in [5.41, 5.74) is 2.35. The highest BCUT2D eigenvalue weighted by Gasteiger charge is 2.20. The van der Waals surface area contributed by atoms with E-state index in [1.54, 1.807) is 18.2 Å². The lowest BCUT2D eigenvalue weighted by molar-refractivity contribution is -0.155. The minimum absolute atomic E-state index is 0.287. The summed E-state index contributed by atoms with van der Waals surface area (Å²) >= 11 is 0. The van der Waals surface area contributed by atoms with E-state index < -0.39 is 18.0 Å². The summed E-state index contributed by atoms with van der Waals surface area (Å²) in [6.45, 7) is 5.02. The second-order valence-corrected chi connectivity index (χ2v) is 6.25. The fourth-order valence-corrected chi connectivity index (χ4v) is 2.43. The SMILES string of the molecule is COc1ccc(OC)c(NC(=O)C(C)OC(=O)COc2cc(C)ccc2C)c1. The predicted octanol–water partition coefficient (Wildman–Crippen LogP) is 3.27. The Morgan fingerprint density at radius 3 is 2.43 bits per heavy atom. The molecule has 2 aromatic carbocycles. The molecule has 0 aliphatic rings. The molecule has 150 valence electrons. The molecular formula is C21H25NO6. The van der Waals surface area contributed by atoms with Crippen LogP contribution in [0, 0.1) is 13.8 Å². The smallest absolute Gasteiger partial charge is 0.344 e. The third-order valence-corrected chi connectivity index (χ3v) is 4.03. The molecule has 7 heteroatoms. The molecule has 0 radical (unpaired) electrons. The molecule has 7 nitrogen and oxygen atoms in total. The number of methoxy groups -OCH3 is 2. The highest BCUT2D eigenvalue weighted by atomic mass is 16.6. The number of ether oxygens (including phenoxy) is 4. The fourth-order valence-electron chi connectivity index (χ4n) is 2.43. The Bertz CT molecular complexity index is 849. The van der Waals surface area contributed by atoms with Gasteiger partial charge in [0, 0.05) is 6.07 Å². The Labute approximate surface area is 164 Å². The lowest BCUT2D eigenvalue weighted by Gasteiger charge is -2.16. The molecule has 0 saturated heterocycles. The standard InChI is InChI=1S/C21H25NO6/c1-13-6-7-14(2)19(10-13)27-12-20(23)28-15(3)21(24)22-17-11-16(25-4)8-9-18(17)26-5/h6-11,15H,12H2,1-5H3,(H,22,24). The van der Waals surface area contributed by atoms with Crippen molar-refractivity contribution < 1.29 is 28.5 Å². The van der Waals surface area contributed by atoms with Crippen LogP contribution >= 0.6 is 0 Å². The average Bonchev–Trinajstić information content (AvgIpc) is 2.68. The Morgan fingerprint density at radius 2 is 1.75 bits per heavy atom. The Hall–Kier alpha value is -3.22. The molecule has 1 unspecified atom stereocenters. The summed E-state index contributed by atoms with van der Waals surface area (Å²) in [4.78, 5) is 24.4. The van der Waals surface area contributed by atoms with Crippen LogP contribution in [0.15, 0.2) is 36.4 Å². The second kappa shape index (κ2) is 9.64. The van der Waals surface area contributed by atoms with E-state index in [9.17, 15) is 9.59 Å². The quantitative estimate of drug-likeness (QED) is 0.700. The Morgan fingerprint density at radius 1 is 1.00 bits per heavy atom. The Kier molecular flexibility index (Phi) is 7.26. The largest absolute Gasteiger partial charge is 0.497 e. The first kappa shape index (κ1) is 21.1. The number of carbonyl (C=O) groups excluding carboxylic acids is 2. The van der Waals surface area contributed by atoms with Crippen molar-refractivity contribution in [2.45, 2.75) is 26.9 Å². The number of carbonyl (C=O) groups is 2. The normalized spacial score (nSPS) is 11.3. The molecule has 0 fully saturated rings. The first-order valence-corrected chi connectivity index (χ1v) is 8.76. The number of anilines is 1. The van der Waals surface area contributed by atoms with Crippen molar-refractivity contribution >= 4 is 17.6 Å². The maximum Gasteiger partial charge on any atom is 0.344 e. The van der Waals surface area contributed by atoms with Crippen LogP contribution in [0.5, 0.6) is 17.2 Å². The predicted molar refractivity (Wildman–Crippen MR) is 105 cm³/mol. The maximum absolute atomic E-state index is 12.4. The molecule has 2 aromatic rings. The maximum atomic E-state index is 12.4. The molecule has 0 bridgehead atoms. The fraction of sp³-hybridized carbons (Fsp3) is 0.333. The molecule has 1 atom stereocenters. The summed E-state index contributed by atoms with van der Waals surface area (Å²) in [6, 6.07) is 10.7. The van der Waals surface area contributed by atoms with Crippen LogP contribution in [0.3, 0.4) is 0 Å². The first-order valence-electron chi connectivity index (χ1n) is 8.76. The Balaban J connectivity index is 1.93. The third kappa shape index (κ3) is 5.64. The van der Waals surface area contributed by atoms with Crippen molar-refractivity contribution in [1.29, 1.82) is 0 Å². The third-order valence-electron chi connectivity index (χ3n) is 4.03. The van der Waals surface area contributed by atoms with Crippen molar-refractivity contribution in [3.8, 4) is 17.2 Å². The van der Waals surface area contributed by atoms with E-state index in [2.05, 4.69) is 5.32 Å². The van der Waals surface area contributed by atoms with E-state index in [4.69, 9.17) is 18.9 Å². The summed E-state index contributed by atoms with van der Waals surface area (Å²) in [5, 5.41) is 2.67. The lowest BCUT2D eigenvalue weighted by Crippen LogP contribution is -2.31. The van der Waals surface area contributed by atoms with Crippen molar-refractivity contribution in [2.75, 3.05) is 26.1 Å². The van der Waals surface area contributed by atoms with Gasteiger partial charge in [-0.3, -0.25) is 4.79 Å². The first-order chi connectivity index (χ1) is 13.3. The van der Waals surface area contributed by atoms with Gasteiger partial charge >= 0.3 is 5.97 Å². The molecule has 1 N–H and O–H groups in total. The zero-order valence-corrected chi connectivity index (χ0v) is 16.7. The number of hydrogen-bond donors (Lipinski definition) is 1. The minimum atomic E-state index is -1.01. The summed E-state index contributed by atoms with van der Waals surface area (Å²) in [5.74, 6) is 0.497. The zero-order valence-electron chi connectivity index (χ0n) is 16.7. The van der Waals surface area contributed by atoms with Crippen molar-refractivity contribution in [3.63, 3.8) is 0 Å². The van der Waals surface area contributed by atoms with E-state index in [1.807, 2.05) is 32.0 Å². The zero-order chi connectivity index (χ0) is 20.7. The van der Waals surface area contributed by atoms with E-state index in [0.29, 0.717) is 22.9 Å². The van der Waals surface area contributed by atoms with E-state index in [0.717, 1.165) is 11.1 Å². The summed E-state index contributed by atoms with van der Waals surface area (Å²) < 4.78 is 21.0. The van der Waals surface area contributed by atoms with Gasteiger partial charge < -0.3 is 24.3 Å². The van der Waals surface area contributed by atoms with Crippen LogP contribution in [-0.4, -0.2) is 38.8 Å². The summed E-state index contributed by atoms with van der Waals surface area (Å²) in [7, 11) is 3.01. The molecule has 0 heterocycles. The van der Waals surface area contributed by atoms with Gasteiger partial charge in [0.05, 0.1) is 19.9 Å². The number of rotatable bonds is 8. The van der Waals surface area contributed by atoms with Gasteiger partial charge in [0.2, 0.25) is 0 Å². The lowest BCUT2D eigenvalue weighted by atomic mass is 10.1. The highest BCUT2D eigenvalue weighted by molar-refractivity contribution is 5.96. The van der Waals surface area contributed by atoms with Gasteiger partial charge in [-0.25, -0.2) is 4.79 Å². The monoisotopic (exact) mass is 387 g/mol. The minimum Gasteiger partial charge on any atom is -0.497 e. The van der Waals surface area contributed by atoms with Gasteiger partial charge in [-0.2, -0.15) is 0 Å². The number of aryl methyl sites for hydroxylation is 2. The van der Waals surface area contributed by atoms with Gasteiger partial charge in [-0.1, -0.05) is 12.1 Å². The second-order valence-electron chi connectivity index (χ2n) is 6.25. The highest BCUT2D eigenvalue weighted by Crippen LogP contribution is 2.29. The molecule has 0 aliphatic heterocycles. The van der Waals surface area contributed by atoms with Crippen molar-refractivity contribution in [3.05, 3.63) is 47.5 Å². The molecule has 0 aliphatic carbocycles. The van der Waals surface area contributed by atoms with E-state index >= 15 is 0 Å². The van der Waals surface area contributed by atoms with Crippen molar-refractivity contribution in [1.82, 2.24) is 0 Å². The number of amides is 1. The van der Waals surface area contributed by atoms with Crippen molar-refractivity contribution in [2.24, 2.45) is 0 Å². The molecular weight excluding hydrogens is 362 g/mol. The number of nitrogens with one attached hydrogen (secondary N) is 1. The number of hydrogen-bond acceptors (Lipinski definition) is 6. The van der Waals surface area contributed by atoms with Gasteiger partial charge in [-0.05, 0) is 50.1 Å². The molecule has 2 rings (SSSR count).